The highest BCUT2D eigenvalue weighted by atomic mass is 16.2. The van der Waals surface area contributed by atoms with Crippen molar-refractivity contribution in [2.45, 2.75) is 0 Å². The first-order valence-corrected chi connectivity index (χ1v) is 6.30. The molecule has 102 valence electrons. The number of carbonyl (C=O) groups is 1. The number of amides is 1. The van der Waals surface area contributed by atoms with E-state index >= 15 is 0 Å². The summed E-state index contributed by atoms with van der Waals surface area (Å²) in [6.07, 6.45) is 4.94. The second-order valence-corrected chi connectivity index (χ2v) is 4.23. The predicted molar refractivity (Wildman–Crippen MR) is 75.1 cm³/mol. The normalized spacial score (nSPS) is 15.5. The average molecular weight is 260 g/mol. The fraction of sp³-hybridized carbons (Fsp3) is 0.429. The molecule has 1 saturated heterocycles. The number of hydrogen-bond donors (Lipinski definition) is 1. The van der Waals surface area contributed by atoms with Crippen molar-refractivity contribution in [3.63, 3.8) is 0 Å². The van der Waals surface area contributed by atoms with Gasteiger partial charge in [-0.05, 0) is 0 Å². The SMILES string of the molecule is C=CCN(CC=C)C(=O)/C(C#N)=C\N1CCNCC1. The molecule has 0 aromatic heterocycles. The smallest absolute Gasteiger partial charge is 0.266 e. The number of piperazine rings is 1. The molecule has 19 heavy (non-hydrogen) atoms. The van der Waals surface area contributed by atoms with Crippen molar-refractivity contribution in [1.82, 2.24) is 15.1 Å². The standard InChI is InChI=1S/C14H20N4O/c1-3-7-18(8-4-2)14(19)13(11-15)12-17-9-5-16-6-10-17/h3-4,12,16H,1-2,5-10H2/b13-12-. The highest BCUT2D eigenvalue weighted by Crippen LogP contribution is 2.05. The van der Waals surface area contributed by atoms with E-state index < -0.39 is 0 Å². The monoisotopic (exact) mass is 260 g/mol. The Morgan fingerprint density at radius 2 is 1.89 bits per heavy atom. The van der Waals surface area contributed by atoms with E-state index in [0.29, 0.717) is 13.1 Å². The zero-order chi connectivity index (χ0) is 14.1. The third kappa shape index (κ3) is 4.60. The van der Waals surface area contributed by atoms with E-state index in [9.17, 15) is 4.79 Å². The zero-order valence-electron chi connectivity index (χ0n) is 11.1. The molecular formula is C14H20N4O. The van der Waals surface area contributed by atoms with Gasteiger partial charge in [-0.2, -0.15) is 5.26 Å². The van der Waals surface area contributed by atoms with E-state index in [4.69, 9.17) is 5.26 Å². The summed E-state index contributed by atoms with van der Waals surface area (Å²) < 4.78 is 0. The summed E-state index contributed by atoms with van der Waals surface area (Å²) in [6, 6.07) is 1.99. The summed E-state index contributed by atoms with van der Waals surface area (Å²) in [5.41, 5.74) is 0.158. The largest absolute Gasteiger partial charge is 0.374 e. The third-order valence-electron chi connectivity index (χ3n) is 2.80. The van der Waals surface area contributed by atoms with Gasteiger partial charge in [-0.1, -0.05) is 12.2 Å². The average Bonchev–Trinajstić information content (AvgIpc) is 2.45. The van der Waals surface area contributed by atoms with Crippen LogP contribution in [0.1, 0.15) is 0 Å². The van der Waals surface area contributed by atoms with Crippen molar-refractivity contribution in [3.05, 3.63) is 37.1 Å². The number of hydrogen-bond acceptors (Lipinski definition) is 4. The quantitative estimate of drug-likeness (QED) is 0.429. The predicted octanol–water partition coefficient (Wildman–Crippen LogP) is 0.500. The molecule has 0 atom stereocenters. The van der Waals surface area contributed by atoms with E-state index in [1.165, 1.54) is 4.90 Å². The maximum absolute atomic E-state index is 12.2. The first-order valence-electron chi connectivity index (χ1n) is 6.30. The number of nitrogens with one attached hydrogen (secondary N) is 1. The first kappa shape index (κ1) is 15.0. The molecule has 0 radical (unpaired) electrons. The molecule has 0 saturated carbocycles. The number of nitrogens with zero attached hydrogens (tertiary/aromatic N) is 3. The minimum Gasteiger partial charge on any atom is -0.374 e. The lowest BCUT2D eigenvalue weighted by atomic mass is 10.2. The van der Waals surface area contributed by atoms with Gasteiger partial charge in [0.1, 0.15) is 11.6 Å². The van der Waals surface area contributed by atoms with Gasteiger partial charge in [-0.3, -0.25) is 4.79 Å². The van der Waals surface area contributed by atoms with Crippen LogP contribution in [-0.4, -0.2) is 55.0 Å². The Morgan fingerprint density at radius 3 is 2.37 bits per heavy atom. The van der Waals surface area contributed by atoms with Crippen LogP contribution in [0.15, 0.2) is 37.1 Å². The van der Waals surface area contributed by atoms with Gasteiger partial charge >= 0.3 is 0 Å². The van der Waals surface area contributed by atoms with E-state index in [1.54, 1.807) is 18.4 Å². The topological polar surface area (TPSA) is 59.4 Å². The minimum atomic E-state index is -0.277. The summed E-state index contributed by atoms with van der Waals surface area (Å²) in [5, 5.41) is 12.4. The van der Waals surface area contributed by atoms with Gasteiger partial charge in [0.25, 0.3) is 5.91 Å². The number of carbonyl (C=O) groups excluding carboxylic acids is 1. The van der Waals surface area contributed by atoms with Crippen LogP contribution in [0.25, 0.3) is 0 Å². The summed E-state index contributed by atoms with van der Waals surface area (Å²) in [4.78, 5) is 15.8. The molecule has 0 aliphatic carbocycles. The Kier molecular flexibility index (Phi) is 6.41. The molecule has 1 aliphatic rings. The molecule has 1 rings (SSSR count). The van der Waals surface area contributed by atoms with Crippen LogP contribution in [0.3, 0.4) is 0 Å². The fourth-order valence-electron chi connectivity index (χ4n) is 1.85. The van der Waals surface area contributed by atoms with Crippen LogP contribution >= 0.6 is 0 Å². The summed E-state index contributed by atoms with van der Waals surface area (Å²) in [5.74, 6) is -0.277. The van der Waals surface area contributed by atoms with Gasteiger partial charge in [-0.25, -0.2) is 0 Å². The molecule has 1 aliphatic heterocycles. The van der Waals surface area contributed by atoms with Crippen LogP contribution in [0, 0.1) is 11.3 Å². The van der Waals surface area contributed by atoms with Gasteiger partial charge in [0, 0.05) is 45.5 Å². The lowest BCUT2D eigenvalue weighted by Gasteiger charge is -2.26. The summed E-state index contributed by atoms with van der Waals surface area (Å²) in [7, 11) is 0. The van der Waals surface area contributed by atoms with Crippen LogP contribution < -0.4 is 5.32 Å². The summed E-state index contributed by atoms with van der Waals surface area (Å²) in [6.45, 7) is 11.4. The Labute approximate surface area is 114 Å². The zero-order valence-corrected chi connectivity index (χ0v) is 11.1. The van der Waals surface area contributed by atoms with Crippen molar-refractivity contribution in [3.8, 4) is 6.07 Å². The Morgan fingerprint density at radius 1 is 1.32 bits per heavy atom. The lowest BCUT2D eigenvalue weighted by Crippen LogP contribution is -2.41. The highest BCUT2D eigenvalue weighted by molar-refractivity contribution is 5.97. The van der Waals surface area contributed by atoms with Crippen molar-refractivity contribution >= 4 is 5.91 Å². The molecule has 0 spiro atoms. The number of rotatable bonds is 6. The molecular weight excluding hydrogens is 240 g/mol. The Bertz CT molecular complexity index is 392. The second-order valence-electron chi connectivity index (χ2n) is 4.23. The molecule has 0 aromatic rings. The molecule has 1 N–H and O–H groups in total. The van der Waals surface area contributed by atoms with Crippen LogP contribution in [0.4, 0.5) is 0 Å². The molecule has 1 fully saturated rings. The molecule has 1 heterocycles. The molecule has 1 amide bonds. The molecule has 0 bridgehead atoms. The minimum absolute atomic E-state index is 0.158. The summed E-state index contributed by atoms with van der Waals surface area (Å²) >= 11 is 0. The van der Waals surface area contributed by atoms with Gasteiger partial charge in [0.2, 0.25) is 0 Å². The van der Waals surface area contributed by atoms with Crippen LogP contribution in [0.5, 0.6) is 0 Å². The number of nitriles is 1. The van der Waals surface area contributed by atoms with Gasteiger partial charge in [0.05, 0.1) is 0 Å². The highest BCUT2D eigenvalue weighted by Gasteiger charge is 2.18. The van der Waals surface area contributed by atoms with E-state index in [1.807, 2.05) is 11.0 Å². The first-order chi connectivity index (χ1) is 9.22. The van der Waals surface area contributed by atoms with Gasteiger partial charge in [-0.15, -0.1) is 13.2 Å². The molecule has 0 aromatic carbocycles. The van der Waals surface area contributed by atoms with Crippen LogP contribution in [0.2, 0.25) is 0 Å². The molecule has 5 heteroatoms. The van der Waals surface area contributed by atoms with Crippen molar-refractivity contribution in [2.24, 2.45) is 0 Å². The van der Waals surface area contributed by atoms with Crippen molar-refractivity contribution < 1.29 is 4.79 Å². The lowest BCUT2D eigenvalue weighted by molar-refractivity contribution is -0.125. The van der Waals surface area contributed by atoms with Gasteiger partial charge < -0.3 is 15.1 Å². The Hall–Kier alpha value is -2.06. The van der Waals surface area contributed by atoms with Gasteiger partial charge in [0.15, 0.2) is 0 Å². The molecule has 0 unspecified atom stereocenters. The van der Waals surface area contributed by atoms with Crippen molar-refractivity contribution in [1.29, 1.82) is 5.26 Å². The van der Waals surface area contributed by atoms with Crippen molar-refractivity contribution in [2.75, 3.05) is 39.3 Å². The van der Waals surface area contributed by atoms with E-state index in [0.717, 1.165) is 26.2 Å². The maximum atomic E-state index is 12.2. The Balaban J connectivity index is 2.78. The fourth-order valence-corrected chi connectivity index (χ4v) is 1.85. The molecule has 5 nitrogen and oxygen atoms in total. The third-order valence-corrected chi connectivity index (χ3v) is 2.80. The van der Waals surface area contributed by atoms with E-state index in [2.05, 4.69) is 18.5 Å². The second kappa shape index (κ2) is 8.11. The maximum Gasteiger partial charge on any atom is 0.266 e. The van der Waals surface area contributed by atoms with E-state index in [-0.39, 0.29) is 11.5 Å². The van der Waals surface area contributed by atoms with Crippen LogP contribution in [-0.2, 0) is 4.79 Å².